The van der Waals surface area contributed by atoms with E-state index in [0.29, 0.717) is 4.90 Å². The summed E-state index contributed by atoms with van der Waals surface area (Å²) in [5, 5.41) is 42.3. The van der Waals surface area contributed by atoms with E-state index < -0.39 is 121 Å². The summed E-state index contributed by atoms with van der Waals surface area (Å²) in [4.78, 5) is 109. The summed E-state index contributed by atoms with van der Waals surface area (Å²) in [6, 6.07) is -5.94. The number of hydrogen-bond donors (Lipinski definition) is 9. The Hall–Kier alpha value is -4.15. The number of ether oxygens (including phenoxy) is 1. The van der Waals surface area contributed by atoms with Crippen LogP contribution in [0, 0.1) is 0 Å². The van der Waals surface area contributed by atoms with Crippen LogP contribution in [0.25, 0.3) is 0 Å². The number of hydrogen-bond acceptors (Lipinski definition) is 14. The van der Waals surface area contributed by atoms with Crippen LogP contribution in [0.4, 0.5) is 4.79 Å². The van der Waals surface area contributed by atoms with E-state index in [-0.39, 0.29) is 12.2 Å². The van der Waals surface area contributed by atoms with Gasteiger partial charge in [0.05, 0.1) is 0 Å². The Morgan fingerprint density at radius 1 is 0.745 bits per heavy atom. The lowest BCUT2D eigenvalue weighted by molar-refractivity contribution is -0.142. The quantitative estimate of drug-likeness (QED) is 0.0449. The zero-order valence-corrected chi connectivity index (χ0v) is 27.4. The van der Waals surface area contributed by atoms with E-state index in [0.717, 1.165) is 21.6 Å². The SMILES string of the molecule is CC(C)(C)OC(=O)N(C(=O)CC[C@H](N)C(=O)O)[C@@H](CSSC[C@H](NC(=O)CC[C@H](N)C(=O)O)C(=O)NCC(=O)O)C(=O)NCC(=O)O. The van der Waals surface area contributed by atoms with Crippen LogP contribution in [0.3, 0.4) is 0 Å². The van der Waals surface area contributed by atoms with Crippen molar-refractivity contribution < 1.29 is 68.3 Å². The van der Waals surface area contributed by atoms with E-state index in [1.807, 2.05) is 0 Å². The molecule has 0 rings (SSSR count). The molecular formula is C25H40N6O14S2. The summed E-state index contributed by atoms with van der Waals surface area (Å²) >= 11 is 0. The van der Waals surface area contributed by atoms with Crippen LogP contribution in [0.5, 0.6) is 0 Å². The standard InChI is InChI=1S/C25H40N6O14S2/c1-25(2,3)45-24(44)31(17(33)7-5-13(27)23(42)43)15(21(39)29-9-19(36)37)11-47-46-10-14(20(38)28-8-18(34)35)30-16(32)6-4-12(26)22(40)41/h12-15H,4-11,26-27H2,1-3H3,(H,28,38)(H,29,39)(H,30,32)(H,34,35)(H,36,37)(H,40,41)(H,42,43)/t12-,13-,14-,15-/m0/s1. The number of carbonyl (C=O) groups is 9. The van der Waals surface area contributed by atoms with Gasteiger partial charge in [-0.25, -0.2) is 9.69 Å². The maximum atomic E-state index is 13.2. The van der Waals surface area contributed by atoms with Gasteiger partial charge in [-0.1, -0.05) is 21.6 Å². The number of nitrogens with two attached hydrogens (primary N) is 2. The Kier molecular flexibility index (Phi) is 19.0. The molecule has 4 atom stereocenters. The number of carboxylic acids is 4. The number of aliphatic carboxylic acids is 4. The van der Waals surface area contributed by atoms with Gasteiger partial charge < -0.3 is 52.6 Å². The van der Waals surface area contributed by atoms with Crippen molar-refractivity contribution in [1.82, 2.24) is 20.9 Å². The third-order valence-corrected chi connectivity index (χ3v) is 7.89. The van der Waals surface area contributed by atoms with Gasteiger partial charge in [0.15, 0.2) is 0 Å². The van der Waals surface area contributed by atoms with Crippen LogP contribution in [0.15, 0.2) is 0 Å². The molecule has 20 nitrogen and oxygen atoms in total. The predicted octanol–water partition coefficient (Wildman–Crippen LogP) is -2.23. The van der Waals surface area contributed by atoms with E-state index >= 15 is 0 Å². The minimum atomic E-state index is -1.72. The minimum absolute atomic E-state index is 0.272. The van der Waals surface area contributed by atoms with Gasteiger partial charge in [0.25, 0.3) is 0 Å². The van der Waals surface area contributed by atoms with Crippen molar-refractivity contribution in [2.45, 2.75) is 76.2 Å². The highest BCUT2D eigenvalue weighted by Gasteiger charge is 2.38. The first kappa shape index (κ1) is 42.9. The van der Waals surface area contributed by atoms with Gasteiger partial charge in [-0.3, -0.25) is 38.4 Å². The number of nitrogens with one attached hydrogen (secondary N) is 3. The summed E-state index contributed by atoms with van der Waals surface area (Å²) in [5.74, 6) is -10.2. The molecule has 22 heteroatoms. The van der Waals surface area contributed by atoms with Crippen molar-refractivity contribution in [3.8, 4) is 0 Å². The maximum Gasteiger partial charge on any atom is 0.417 e. The highest BCUT2D eigenvalue weighted by Crippen LogP contribution is 2.26. The van der Waals surface area contributed by atoms with Gasteiger partial charge in [0, 0.05) is 24.3 Å². The topological polar surface area (TPSA) is 335 Å². The Morgan fingerprint density at radius 3 is 1.68 bits per heavy atom. The molecule has 0 bridgehead atoms. The molecule has 0 aromatic rings. The molecule has 0 heterocycles. The Labute approximate surface area is 276 Å². The first-order valence-electron chi connectivity index (χ1n) is 13.7. The van der Waals surface area contributed by atoms with Crippen LogP contribution in [-0.2, 0) is 43.1 Å². The molecule has 0 fully saturated rings. The van der Waals surface area contributed by atoms with Crippen LogP contribution >= 0.6 is 21.6 Å². The summed E-state index contributed by atoms with van der Waals surface area (Å²) in [5.41, 5.74) is 9.68. The summed E-state index contributed by atoms with van der Waals surface area (Å²) < 4.78 is 5.26. The van der Waals surface area contributed by atoms with Gasteiger partial charge in [-0.2, -0.15) is 0 Å². The Morgan fingerprint density at radius 2 is 1.21 bits per heavy atom. The third kappa shape index (κ3) is 18.6. The minimum Gasteiger partial charge on any atom is -0.480 e. The van der Waals surface area contributed by atoms with Crippen molar-refractivity contribution >= 4 is 75.2 Å². The molecule has 0 radical (unpaired) electrons. The van der Waals surface area contributed by atoms with E-state index in [1.165, 1.54) is 20.8 Å². The monoisotopic (exact) mass is 712 g/mol. The van der Waals surface area contributed by atoms with Gasteiger partial charge in [-0.05, 0) is 33.6 Å². The molecule has 0 aromatic heterocycles. The van der Waals surface area contributed by atoms with E-state index in [4.69, 9.17) is 36.6 Å². The smallest absolute Gasteiger partial charge is 0.417 e. The van der Waals surface area contributed by atoms with Crippen molar-refractivity contribution in [1.29, 1.82) is 0 Å². The number of carboxylic acid groups (broad SMARTS) is 4. The van der Waals surface area contributed by atoms with Crippen LogP contribution in [0.1, 0.15) is 46.5 Å². The molecule has 266 valence electrons. The first-order valence-corrected chi connectivity index (χ1v) is 16.2. The van der Waals surface area contributed by atoms with Crippen molar-refractivity contribution in [3.63, 3.8) is 0 Å². The van der Waals surface area contributed by atoms with Crippen LogP contribution in [0.2, 0.25) is 0 Å². The molecule has 0 spiro atoms. The van der Waals surface area contributed by atoms with Gasteiger partial charge >= 0.3 is 30.0 Å². The first-order chi connectivity index (χ1) is 21.7. The third-order valence-electron chi connectivity index (χ3n) is 5.48. The average molecular weight is 713 g/mol. The maximum absolute atomic E-state index is 13.2. The van der Waals surface area contributed by atoms with Crippen molar-refractivity contribution in [3.05, 3.63) is 0 Å². The highest BCUT2D eigenvalue weighted by molar-refractivity contribution is 8.76. The number of imide groups is 1. The zero-order valence-electron chi connectivity index (χ0n) is 25.8. The largest absolute Gasteiger partial charge is 0.480 e. The van der Waals surface area contributed by atoms with Crippen LogP contribution in [-0.4, -0.2) is 133 Å². The lowest BCUT2D eigenvalue weighted by Crippen LogP contribution is -2.55. The number of nitrogens with zero attached hydrogens (tertiary/aromatic N) is 1. The molecule has 0 saturated carbocycles. The van der Waals surface area contributed by atoms with Gasteiger partial charge in [0.1, 0.15) is 42.9 Å². The number of carbonyl (C=O) groups excluding carboxylic acids is 5. The second-order valence-electron chi connectivity index (χ2n) is 10.6. The second kappa shape index (κ2) is 20.9. The van der Waals surface area contributed by atoms with Gasteiger partial charge in [0.2, 0.25) is 23.6 Å². The lowest BCUT2D eigenvalue weighted by Gasteiger charge is -2.31. The molecule has 0 aliphatic heterocycles. The van der Waals surface area contributed by atoms with Crippen molar-refractivity contribution in [2.24, 2.45) is 11.5 Å². The van der Waals surface area contributed by atoms with Crippen LogP contribution < -0.4 is 27.4 Å². The normalized spacial score (nSPS) is 13.6. The van der Waals surface area contributed by atoms with Gasteiger partial charge in [-0.15, -0.1) is 0 Å². The lowest BCUT2D eigenvalue weighted by atomic mass is 10.1. The number of rotatable bonds is 21. The number of amides is 5. The summed E-state index contributed by atoms with van der Waals surface area (Å²) in [6.45, 7) is 2.72. The van der Waals surface area contributed by atoms with E-state index in [9.17, 15) is 43.2 Å². The molecule has 0 aromatic carbocycles. The molecule has 5 amide bonds. The molecule has 11 N–H and O–H groups in total. The van der Waals surface area contributed by atoms with Crippen molar-refractivity contribution in [2.75, 3.05) is 24.6 Å². The van der Waals surface area contributed by atoms with E-state index in [2.05, 4.69) is 16.0 Å². The fraction of sp³-hybridized carbons (Fsp3) is 0.640. The fourth-order valence-corrected chi connectivity index (χ4v) is 5.52. The fourth-order valence-electron chi connectivity index (χ4n) is 3.16. The average Bonchev–Trinajstić information content (AvgIpc) is 2.95. The Balaban J connectivity index is 6.05. The highest BCUT2D eigenvalue weighted by atomic mass is 33.1. The predicted molar refractivity (Wildman–Crippen MR) is 165 cm³/mol. The molecule has 47 heavy (non-hydrogen) atoms. The summed E-state index contributed by atoms with van der Waals surface area (Å²) in [7, 11) is 1.63. The van der Waals surface area contributed by atoms with E-state index in [1.54, 1.807) is 0 Å². The molecule has 0 saturated heterocycles. The molecule has 0 unspecified atom stereocenters. The molecule has 0 aliphatic carbocycles. The summed E-state index contributed by atoms with van der Waals surface area (Å²) in [6.07, 6.45) is -3.01. The molecule has 0 aliphatic rings. The Bertz CT molecular complexity index is 1180. The zero-order chi connectivity index (χ0) is 36.5. The molecular weight excluding hydrogens is 672 g/mol. The second-order valence-corrected chi connectivity index (χ2v) is 13.2.